The Kier molecular flexibility index (Phi) is 9.57. The maximum Gasteiger partial charge on any atom is 0.396 e. The Hall–Kier alpha value is -2.90. The second kappa shape index (κ2) is 11.7. The van der Waals surface area contributed by atoms with Crippen LogP contribution >= 0.6 is 0 Å². The number of benzene rings is 1. The van der Waals surface area contributed by atoms with Crippen molar-refractivity contribution in [2.75, 3.05) is 31.0 Å². The standard InChI is InChI=1S/C14H16N2O4.C5H10O2/c1-20-14(19)13(18)15-10-5-7-11(8-6-10)16-9-3-2-4-12(16)17;1-3-4-5(6)7-2/h5-8H,2-4,9H2,1H3,(H,15,18);3-4H2,1-2H3. The second-order valence-corrected chi connectivity index (χ2v) is 5.82. The van der Waals surface area contributed by atoms with Gasteiger partial charge < -0.3 is 19.7 Å². The lowest BCUT2D eigenvalue weighted by atomic mass is 10.1. The van der Waals surface area contributed by atoms with E-state index in [0.29, 0.717) is 25.1 Å². The van der Waals surface area contributed by atoms with E-state index in [4.69, 9.17) is 0 Å². The summed E-state index contributed by atoms with van der Waals surface area (Å²) in [6.45, 7) is 2.66. The van der Waals surface area contributed by atoms with E-state index in [0.717, 1.165) is 32.1 Å². The van der Waals surface area contributed by atoms with Gasteiger partial charge in [0.15, 0.2) is 0 Å². The fourth-order valence-electron chi connectivity index (χ4n) is 2.38. The highest BCUT2D eigenvalue weighted by atomic mass is 16.5. The van der Waals surface area contributed by atoms with Gasteiger partial charge >= 0.3 is 17.8 Å². The maximum atomic E-state index is 11.8. The Morgan fingerprint density at radius 1 is 1.07 bits per heavy atom. The number of nitrogens with zero attached hydrogens (tertiary/aromatic N) is 1. The molecule has 0 atom stereocenters. The monoisotopic (exact) mass is 378 g/mol. The molecule has 1 aliphatic heterocycles. The Morgan fingerprint density at radius 3 is 2.22 bits per heavy atom. The maximum absolute atomic E-state index is 11.8. The summed E-state index contributed by atoms with van der Waals surface area (Å²) in [5.74, 6) is -1.78. The molecule has 0 aliphatic carbocycles. The molecular formula is C19H26N2O6. The van der Waals surface area contributed by atoms with Gasteiger partial charge in [0, 0.05) is 30.8 Å². The van der Waals surface area contributed by atoms with Crippen LogP contribution in [0.25, 0.3) is 0 Å². The molecule has 0 radical (unpaired) electrons. The van der Waals surface area contributed by atoms with Crippen LogP contribution in [-0.2, 0) is 28.7 Å². The average molecular weight is 378 g/mol. The number of nitrogens with one attached hydrogen (secondary N) is 1. The highest BCUT2D eigenvalue weighted by molar-refractivity contribution is 6.37. The summed E-state index contributed by atoms with van der Waals surface area (Å²) in [5.41, 5.74) is 1.28. The first-order chi connectivity index (χ1) is 12.9. The zero-order valence-electron chi connectivity index (χ0n) is 15.9. The molecule has 1 aromatic carbocycles. The van der Waals surface area contributed by atoms with Crippen molar-refractivity contribution in [1.82, 2.24) is 0 Å². The smallest absolute Gasteiger partial charge is 0.396 e. The molecule has 2 rings (SSSR count). The van der Waals surface area contributed by atoms with Crippen molar-refractivity contribution in [3.05, 3.63) is 24.3 Å². The topological polar surface area (TPSA) is 102 Å². The number of hydrogen-bond donors (Lipinski definition) is 1. The number of esters is 2. The molecule has 0 bridgehead atoms. The number of methoxy groups -OCH3 is 2. The van der Waals surface area contributed by atoms with Gasteiger partial charge in [0.1, 0.15) is 0 Å². The predicted octanol–water partition coefficient (Wildman–Crippen LogP) is 2.27. The van der Waals surface area contributed by atoms with Crippen molar-refractivity contribution in [3.8, 4) is 0 Å². The first-order valence-electron chi connectivity index (χ1n) is 8.79. The molecule has 27 heavy (non-hydrogen) atoms. The lowest BCUT2D eigenvalue weighted by Gasteiger charge is -2.26. The molecule has 0 saturated carbocycles. The predicted molar refractivity (Wildman–Crippen MR) is 100 cm³/mol. The number of hydrogen-bond acceptors (Lipinski definition) is 6. The van der Waals surface area contributed by atoms with Gasteiger partial charge in [-0.05, 0) is 43.5 Å². The van der Waals surface area contributed by atoms with E-state index < -0.39 is 11.9 Å². The summed E-state index contributed by atoms with van der Waals surface area (Å²) < 4.78 is 8.66. The van der Waals surface area contributed by atoms with E-state index >= 15 is 0 Å². The van der Waals surface area contributed by atoms with Crippen molar-refractivity contribution < 1.29 is 28.7 Å². The molecule has 0 spiro atoms. The second-order valence-electron chi connectivity index (χ2n) is 5.82. The molecule has 8 nitrogen and oxygen atoms in total. The molecule has 148 valence electrons. The van der Waals surface area contributed by atoms with Gasteiger partial charge in [-0.2, -0.15) is 0 Å². The van der Waals surface area contributed by atoms with Gasteiger partial charge in [0.25, 0.3) is 0 Å². The summed E-state index contributed by atoms with van der Waals surface area (Å²) in [7, 11) is 2.55. The Bertz CT molecular complexity index is 657. The minimum Gasteiger partial charge on any atom is -0.469 e. The van der Waals surface area contributed by atoms with E-state index in [9.17, 15) is 19.2 Å². The van der Waals surface area contributed by atoms with Gasteiger partial charge in [-0.25, -0.2) is 4.79 Å². The fraction of sp³-hybridized carbons (Fsp3) is 0.474. The number of piperidine rings is 1. The number of ether oxygens (including phenoxy) is 2. The molecule has 1 fully saturated rings. The van der Waals surface area contributed by atoms with Gasteiger partial charge in [-0.3, -0.25) is 14.4 Å². The van der Waals surface area contributed by atoms with Crippen LogP contribution in [0.15, 0.2) is 24.3 Å². The van der Waals surface area contributed by atoms with Crippen LogP contribution in [0, 0.1) is 0 Å². The fourth-order valence-corrected chi connectivity index (χ4v) is 2.38. The molecule has 1 saturated heterocycles. The minimum absolute atomic E-state index is 0.114. The normalized spacial score (nSPS) is 13.1. The average Bonchev–Trinajstić information content (AvgIpc) is 2.69. The summed E-state index contributed by atoms with van der Waals surface area (Å²) in [4.78, 5) is 46.0. The van der Waals surface area contributed by atoms with Gasteiger partial charge in [0.05, 0.1) is 14.2 Å². The first kappa shape index (κ1) is 22.1. The third-order valence-electron chi connectivity index (χ3n) is 3.81. The molecule has 1 N–H and O–H groups in total. The Labute approximate surface area is 158 Å². The van der Waals surface area contributed by atoms with Crippen LogP contribution in [0.2, 0.25) is 0 Å². The Morgan fingerprint density at radius 2 is 1.74 bits per heavy atom. The van der Waals surface area contributed by atoms with Crippen LogP contribution in [0.3, 0.4) is 0 Å². The van der Waals surface area contributed by atoms with Crippen molar-refractivity contribution in [2.45, 2.75) is 39.0 Å². The number of anilines is 2. The van der Waals surface area contributed by atoms with Crippen LogP contribution < -0.4 is 10.2 Å². The van der Waals surface area contributed by atoms with Crippen LogP contribution in [0.5, 0.6) is 0 Å². The SMILES string of the molecule is CCCC(=O)OC.COC(=O)C(=O)Nc1ccc(N2CCCCC2=O)cc1. The summed E-state index contributed by atoms with van der Waals surface area (Å²) in [5, 5.41) is 2.42. The number of carbonyl (C=O) groups is 4. The molecule has 8 heteroatoms. The number of carbonyl (C=O) groups excluding carboxylic acids is 4. The Balaban J connectivity index is 0.000000445. The van der Waals surface area contributed by atoms with Crippen LogP contribution in [-0.4, -0.2) is 44.5 Å². The third kappa shape index (κ3) is 7.47. The minimum atomic E-state index is -0.944. The lowest BCUT2D eigenvalue weighted by Crippen LogP contribution is -2.35. The number of rotatable bonds is 4. The van der Waals surface area contributed by atoms with Gasteiger partial charge in [-0.1, -0.05) is 6.92 Å². The van der Waals surface area contributed by atoms with Crippen LogP contribution in [0.1, 0.15) is 39.0 Å². The molecule has 1 aromatic rings. The molecule has 2 amide bonds. The zero-order chi connectivity index (χ0) is 20.2. The van der Waals surface area contributed by atoms with Gasteiger partial charge in [-0.15, -0.1) is 0 Å². The summed E-state index contributed by atoms with van der Waals surface area (Å²) >= 11 is 0. The van der Waals surface area contributed by atoms with Crippen molar-refractivity contribution in [3.63, 3.8) is 0 Å². The quantitative estimate of drug-likeness (QED) is 0.637. The van der Waals surface area contributed by atoms with E-state index in [1.165, 1.54) is 7.11 Å². The van der Waals surface area contributed by atoms with E-state index in [-0.39, 0.29) is 11.9 Å². The summed E-state index contributed by atoms with van der Waals surface area (Å²) in [6, 6.07) is 6.79. The van der Waals surface area contributed by atoms with Crippen molar-refractivity contribution >= 4 is 35.1 Å². The van der Waals surface area contributed by atoms with E-state index in [1.54, 1.807) is 29.2 Å². The molecule has 0 unspecified atom stereocenters. The molecule has 0 aromatic heterocycles. The first-order valence-corrected chi connectivity index (χ1v) is 8.79. The van der Waals surface area contributed by atoms with E-state index in [1.807, 2.05) is 6.92 Å². The van der Waals surface area contributed by atoms with Gasteiger partial charge in [0.2, 0.25) is 5.91 Å². The molecule has 1 heterocycles. The summed E-state index contributed by atoms with van der Waals surface area (Å²) in [6.07, 6.45) is 3.90. The lowest BCUT2D eigenvalue weighted by molar-refractivity contribution is -0.150. The third-order valence-corrected chi connectivity index (χ3v) is 3.81. The largest absolute Gasteiger partial charge is 0.469 e. The number of amides is 2. The molecular weight excluding hydrogens is 352 g/mol. The van der Waals surface area contributed by atoms with Crippen molar-refractivity contribution in [1.29, 1.82) is 0 Å². The van der Waals surface area contributed by atoms with Crippen molar-refractivity contribution in [2.24, 2.45) is 0 Å². The van der Waals surface area contributed by atoms with Crippen LogP contribution in [0.4, 0.5) is 11.4 Å². The zero-order valence-corrected chi connectivity index (χ0v) is 15.9. The van der Waals surface area contributed by atoms with E-state index in [2.05, 4.69) is 14.8 Å². The molecule has 1 aliphatic rings. The highest BCUT2D eigenvalue weighted by Crippen LogP contribution is 2.22. The highest BCUT2D eigenvalue weighted by Gasteiger charge is 2.19.